The van der Waals surface area contributed by atoms with Crippen molar-refractivity contribution in [1.29, 1.82) is 0 Å². The number of fused-ring (bicyclic) bond motifs is 3. The molecule has 2 heteroatoms. The van der Waals surface area contributed by atoms with Crippen LogP contribution in [0, 0.1) is 0 Å². The Morgan fingerprint density at radius 2 is 1.77 bits per heavy atom. The van der Waals surface area contributed by atoms with Gasteiger partial charge in [0, 0.05) is 0 Å². The van der Waals surface area contributed by atoms with E-state index in [-0.39, 0.29) is 0 Å². The number of rotatable bonds is 0. The molecule has 62 valence electrons. The quantitative estimate of drug-likeness (QED) is 0.542. The van der Waals surface area contributed by atoms with Crippen LogP contribution in [-0.4, -0.2) is 19.5 Å². The predicted octanol–water partition coefficient (Wildman–Crippen LogP) is 2.44. The second-order valence-corrected chi connectivity index (χ2v) is 5.24. The minimum atomic E-state index is 0.495. The van der Waals surface area contributed by atoms with E-state index in [0.29, 0.717) is 14.5 Å². The van der Waals surface area contributed by atoms with Crippen LogP contribution in [0.25, 0.3) is 19.3 Å². The van der Waals surface area contributed by atoms with Gasteiger partial charge in [0.25, 0.3) is 0 Å². The van der Waals surface area contributed by atoms with Crippen molar-refractivity contribution in [2.24, 2.45) is 0 Å². The Hall–Kier alpha value is -1.11. The van der Waals surface area contributed by atoms with Gasteiger partial charge in [0.05, 0.1) is 0 Å². The zero-order valence-corrected chi connectivity index (χ0v) is 8.61. The molecule has 3 aromatic rings. The molecule has 0 bridgehead atoms. The summed E-state index contributed by atoms with van der Waals surface area (Å²) in [5.74, 6) is 0. The summed E-state index contributed by atoms with van der Waals surface area (Å²) in [5, 5.41) is 2.71. The molecule has 13 heavy (non-hydrogen) atoms. The van der Waals surface area contributed by atoms with Crippen LogP contribution in [0.1, 0.15) is 0 Å². The number of nitrogens with zero attached hydrogens (tertiary/aromatic N) is 1. The number of hydrogen-bond donors (Lipinski definition) is 0. The van der Waals surface area contributed by atoms with Gasteiger partial charge in [-0.25, -0.2) is 0 Å². The van der Waals surface area contributed by atoms with E-state index < -0.39 is 0 Å². The third-order valence-electron chi connectivity index (χ3n) is 2.18. The predicted molar refractivity (Wildman–Crippen MR) is 56.2 cm³/mol. The molecular formula is C11H7NSe. The molecule has 0 fully saturated rings. The number of benzene rings is 1. The van der Waals surface area contributed by atoms with E-state index in [2.05, 4.69) is 35.3 Å². The SMILES string of the molecule is c1ccc2c(c1)[se]c1ccncc12. The van der Waals surface area contributed by atoms with Crippen LogP contribution < -0.4 is 0 Å². The fourth-order valence-electron chi connectivity index (χ4n) is 1.57. The van der Waals surface area contributed by atoms with E-state index in [1.165, 1.54) is 19.3 Å². The Morgan fingerprint density at radius 1 is 0.923 bits per heavy atom. The fraction of sp³-hybridized carbons (Fsp3) is 0. The summed E-state index contributed by atoms with van der Waals surface area (Å²) < 4.78 is 2.95. The summed E-state index contributed by atoms with van der Waals surface area (Å²) in [7, 11) is 0. The van der Waals surface area contributed by atoms with Gasteiger partial charge in [0.2, 0.25) is 0 Å². The first kappa shape index (κ1) is 7.31. The maximum absolute atomic E-state index is 4.17. The van der Waals surface area contributed by atoms with Gasteiger partial charge in [0.15, 0.2) is 0 Å². The van der Waals surface area contributed by atoms with Crippen LogP contribution in [0.2, 0.25) is 0 Å². The molecule has 0 saturated heterocycles. The average molecular weight is 232 g/mol. The Kier molecular flexibility index (Phi) is 1.51. The summed E-state index contributed by atoms with van der Waals surface area (Å²) in [6, 6.07) is 10.7. The Morgan fingerprint density at radius 3 is 2.77 bits per heavy atom. The molecule has 1 nitrogen and oxygen atoms in total. The van der Waals surface area contributed by atoms with E-state index in [0.717, 1.165) is 0 Å². The molecule has 0 N–H and O–H groups in total. The number of hydrogen-bond acceptors (Lipinski definition) is 1. The molecule has 0 saturated carbocycles. The van der Waals surface area contributed by atoms with Gasteiger partial charge in [-0.2, -0.15) is 0 Å². The summed E-state index contributed by atoms with van der Waals surface area (Å²) in [5.41, 5.74) is 0. The molecule has 0 radical (unpaired) electrons. The topological polar surface area (TPSA) is 12.9 Å². The Labute approximate surface area is 81.8 Å². The molecule has 0 unspecified atom stereocenters. The van der Waals surface area contributed by atoms with Gasteiger partial charge in [-0.1, -0.05) is 0 Å². The fourth-order valence-corrected chi connectivity index (χ4v) is 3.82. The average Bonchev–Trinajstić information content (AvgIpc) is 2.56. The second kappa shape index (κ2) is 2.69. The molecule has 0 aliphatic heterocycles. The Balaban J connectivity index is 2.64. The van der Waals surface area contributed by atoms with E-state index >= 15 is 0 Å². The van der Waals surface area contributed by atoms with E-state index in [1.54, 1.807) is 0 Å². The van der Waals surface area contributed by atoms with Crippen LogP contribution in [0.5, 0.6) is 0 Å². The first-order chi connectivity index (χ1) is 6.45. The summed E-state index contributed by atoms with van der Waals surface area (Å²) in [4.78, 5) is 4.17. The van der Waals surface area contributed by atoms with Gasteiger partial charge in [-0.05, 0) is 0 Å². The van der Waals surface area contributed by atoms with Gasteiger partial charge >= 0.3 is 81.5 Å². The maximum atomic E-state index is 4.17. The third-order valence-corrected chi connectivity index (χ3v) is 4.59. The molecule has 1 aromatic carbocycles. The van der Waals surface area contributed by atoms with Gasteiger partial charge < -0.3 is 0 Å². The van der Waals surface area contributed by atoms with Crippen LogP contribution in [0.3, 0.4) is 0 Å². The van der Waals surface area contributed by atoms with Gasteiger partial charge in [0.1, 0.15) is 0 Å². The number of pyridine rings is 1. The molecule has 0 amide bonds. The van der Waals surface area contributed by atoms with Crippen LogP contribution >= 0.6 is 0 Å². The van der Waals surface area contributed by atoms with Crippen molar-refractivity contribution >= 4 is 33.8 Å². The van der Waals surface area contributed by atoms with Crippen molar-refractivity contribution < 1.29 is 0 Å². The van der Waals surface area contributed by atoms with Crippen molar-refractivity contribution in [2.45, 2.75) is 0 Å². The van der Waals surface area contributed by atoms with Crippen molar-refractivity contribution in [3.63, 3.8) is 0 Å². The van der Waals surface area contributed by atoms with Crippen molar-refractivity contribution in [2.75, 3.05) is 0 Å². The zero-order valence-electron chi connectivity index (χ0n) is 6.90. The first-order valence-corrected chi connectivity index (χ1v) is 5.88. The van der Waals surface area contributed by atoms with Crippen molar-refractivity contribution in [1.82, 2.24) is 4.98 Å². The minimum absolute atomic E-state index is 0.495. The van der Waals surface area contributed by atoms with Crippen LogP contribution in [0.15, 0.2) is 42.7 Å². The van der Waals surface area contributed by atoms with E-state index in [1.807, 2.05) is 12.4 Å². The standard InChI is InChI=1S/C11H7NSe/c1-2-4-10-8(3-1)9-7-12-6-5-11(9)13-10/h1-7H. The molecule has 0 spiro atoms. The number of aromatic nitrogens is 1. The molecular weight excluding hydrogens is 225 g/mol. The van der Waals surface area contributed by atoms with Crippen LogP contribution in [0.4, 0.5) is 0 Å². The summed E-state index contributed by atoms with van der Waals surface area (Å²) in [6.07, 6.45) is 3.86. The summed E-state index contributed by atoms with van der Waals surface area (Å²) >= 11 is 0.495. The van der Waals surface area contributed by atoms with Crippen molar-refractivity contribution in [3.05, 3.63) is 42.7 Å². The van der Waals surface area contributed by atoms with Crippen molar-refractivity contribution in [3.8, 4) is 0 Å². The normalized spacial score (nSPS) is 11.1. The molecule has 0 aliphatic rings. The third kappa shape index (κ3) is 1.03. The van der Waals surface area contributed by atoms with E-state index in [4.69, 9.17) is 0 Å². The molecule has 3 rings (SSSR count). The van der Waals surface area contributed by atoms with Crippen LogP contribution in [-0.2, 0) is 0 Å². The van der Waals surface area contributed by atoms with Gasteiger partial charge in [-0.3, -0.25) is 0 Å². The van der Waals surface area contributed by atoms with E-state index in [9.17, 15) is 0 Å². The van der Waals surface area contributed by atoms with Gasteiger partial charge in [-0.15, -0.1) is 0 Å². The Bertz CT molecular complexity index is 518. The molecule has 0 aliphatic carbocycles. The zero-order chi connectivity index (χ0) is 8.67. The summed E-state index contributed by atoms with van der Waals surface area (Å²) in [6.45, 7) is 0. The molecule has 0 atom stereocenters. The monoisotopic (exact) mass is 233 g/mol. The second-order valence-electron chi connectivity index (χ2n) is 2.97. The molecule has 2 heterocycles. The first-order valence-electron chi connectivity index (χ1n) is 4.16. The molecule has 2 aromatic heterocycles.